The Bertz CT molecular complexity index is 311. The molecule has 1 rings (SSSR count). The molecular formula is C8H9N3OS. The van der Waals surface area contributed by atoms with Gasteiger partial charge in [-0.25, -0.2) is 9.97 Å². The highest BCUT2D eigenvalue weighted by molar-refractivity contribution is 7.99. The molecule has 1 aromatic rings. The monoisotopic (exact) mass is 195 g/mol. The fourth-order valence-electron chi connectivity index (χ4n) is 0.701. The summed E-state index contributed by atoms with van der Waals surface area (Å²) in [6, 6.07) is 3.51. The van der Waals surface area contributed by atoms with Crippen molar-refractivity contribution in [1.29, 1.82) is 5.26 Å². The molecule has 0 amide bonds. The average molecular weight is 195 g/mol. The van der Waals surface area contributed by atoms with Crippen LogP contribution in [-0.2, 0) is 0 Å². The van der Waals surface area contributed by atoms with Gasteiger partial charge in [0.15, 0.2) is 5.16 Å². The van der Waals surface area contributed by atoms with Crippen LogP contribution in [0.5, 0.6) is 0 Å². The van der Waals surface area contributed by atoms with Crippen molar-refractivity contribution < 1.29 is 5.11 Å². The molecule has 1 aromatic heterocycles. The van der Waals surface area contributed by atoms with E-state index in [1.165, 1.54) is 11.8 Å². The van der Waals surface area contributed by atoms with Crippen LogP contribution < -0.4 is 0 Å². The predicted octanol–water partition coefficient (Wildman–Crippen LogP) is 0.823. The first-order chi connectivity index (χ1) is 6.36. The van der Waals surface area contributed by atoms with Gasteiger partial charge in [0.05, 0.1) is 0 Å². The van der Waals surface area contributed by atoms with Gasteiger partial charge in [0.2, 0.25) is 0 Å². The number of rotatable bonds is 4. The molecule has 0 fully saturated rings. The Morgan fingerprint density at radius 1 is 1.62 bits per heavy atom. The number of aliphatic hydroxyl groups is 1. The molecule has 0 aliphatic carbocycles. The number of hydrogen-bond donors (Lipinski definition) is 1. The van der Waals surface area contributed by atoms with Gasteiger partial charge in [0.1, 0.15) is 11.8 Å². The standard InChI is InChI=1S/C8H9N3OS/c9-6-7-2-3-10-8(11-7)13-5-1-4-12/h2-3,12H,1,4-5H2. The average Bonchev–Trinajstić information content (AvgIpc) is 2.19. The van der Waals surface area contributed by atoms with Gasteiger partial charge in [-0.05, 0) is 12.5 Å². The molecule has 0 saturated carbocycles. The van der Waals surface area contributed by atoms with Crippen LogP contribution in [0.25, 0.3) is 0 Å². The van der Waals surface area contributed by atoms with E-state index in [0.29, 0.717) is 17.3 Å². The molecule has 68 valence electrons. The summed E-state index contributed by atoms with van der Waals surface area (Å²) in [5.74, 6) is 0.769. The largest absolute Gasteiger partial charge is 0.396 e. The highest BCUT2D eigenvalue weighted by Gasteiger charge is 1.98. The van der Waals surface area contributed by atoms with Gasteiger partial charge in [0, 0.05) is 18.6 Å². The summed E-state index contributed by atoms with van der Waals surface area (Å²) in [6.07, 6.45) is 2.28. The zero-order valence-electron chi connectivity index (χ0n) is 6.97. The molecule has 0 aliphatic rings. The Kier molecular flexibility index (Phi) is 4.23. The number of hydrogen-bond acceptors (Lipinski definition) is 5. The lowest BCUT2D eigenvalue weighted by atomic mass is 10.5. The lowest BCUT2D eigenvalue weighted by Crippen LogP contribution is -1.91. The second-order valence-corrected chi connectivity index (χ2v) is 3.32. The molecule has 0 aromatic carbocycles. The Hall–Kier alpha value is -1.12. The Labute approximate surface area is 80.6 Å². The van der Waals surface area contributed by atoms with Crippen molar-refractivity contribution in [3.05, 3.63) is 18.0 Å². The maximum Gasteiger partial charge on any atom is 0.188 e. The van der Waals surface area contributed by atoms with Crippen LogP contribution in [0.3, 0.4) is 0 Å². The van der Waals surface area contributed by atoms with E-state index in [1.54, 1.807) is 12.3 Å². The van der Waals surface area contributed by atoms with E-state index >= 15 is 0 Å². The first kappa shape index (κ1) is 9.96. The third-order valence-electron chi connectivity index (χ3n) is 1.28. The summed E-state index contributed by atoms with van der Waals surface area (Å²) < 4.78 is 0. The summed E-state index contributed by atoms with van der Waals surface area (Å²) >= 11 is 1.44. The molecule has 5 heteroatoms. The van der Waals surface area contributed by atoms with Crippen LogP contribution in [0.1, 0.15) is 12.1 Å². The maximum atomic E-state index is 8.54. The first-order valence-corrected chi connectivity index (χ1v) is 4.82. The molecule has 0 atom stereocenters. The third kappa shape index (κ3) is 3.40. The molecule has 0 radical (unpaired) electrons. The molecule has 0 saturated heterocycles. The topological polar surface area (TPSA) is 69.8 Å². The quantitative estimate of drug-likeness (QED) is 0.437. The molecule has 0 spiro atoms. The van der Waals surface area contributed by atoms with Crippen molar-refractivity contribution in [3.63, 3.8) is 0 Å². The Morgan fingerprint density at radius 3 is 3.15 bits per heavy atom. The molecule has 0 aliphatic heterocycles. The van der Waals surface area contributed by atoms with Crippen LogP contribution in [0.2, 0.25) is 0 Å². The fourth-order valence-corrected chi connectivity index (χ4v) is 1.45. The molecule has 4 nitrogen and oxygen atoms in total. The smallest absolute Gasteiger partial charge is 0.188 e. The lowest BCUT2D eigenvalue weighted by molar-refractivity contribution is 0.296. The second kappa shape index (κ2) is 5.51. The fraction of sp³-hybridized carbons (Fsp3) is 0.375. The van der Waals surface area contributed by atoms with E-state index in [2.05, 4.69) is 9.97 Å². The van der Waals surface area contributed by atoms with Crippen molar-refractivity contribution in [2.24, 2.45) is 0 Å². The zero-order chi connectivity index (χ0) is 9.52. The van der Waals surface area contributed by atoms with Gasteiger partial charge in [-0.3, -0.25) is 0 Å². The van der Waals surface area contributed by atoms with Crippen molar-refractivity contribution in [3.8, 4) is 6.07 Å². The van der Waals surface area contributed by atoms with Gasteiger partial charge in [-0.15, -0.1) is 0 Å². The van der Waals surface area contributed by atoms with E-state index in [1.807, 2.05) is 6.07 Å². The minimum absolute atomic E-state index is 0.172. The van der Waals surface area contributed by atoms with E-state index in [-0.39, 0.29) is 6.61 Å². The van der Waals surface area contributed by atoms with E-state index in [9.17, 15) is 0 Å². The van der Waals surface area contributed by atoms with Crippen LogP contribution in [-0.4, -0.2) is 27.4 Å². The Morgan fingerprint density at radius 2 is 2.46 bits per heavy atom. The Balaban J connectivity index is 2.52. The van der Waals surface area contributed by atoms with E-state index < -0.39 is 0 Å². The number of nitriles is 1. The summed E-state index contributed by atoms with van der Waals surface area (Å²) in [4.78, 5) is 7.95. The normalized spacial score (nSPS) is 9.54. The lowest BCUT2D eigenvalue weighted by Gasteiger charge is -1.97. The zero-order valence-corrected chi connectivity index (χ0v) is 7.79. The van der Waals surface area contributed by atoms with Crippen LogP contribution in [0.15, 0.2) is 17.4 Å². The third-order valence-corrected chi connectivity index (χ3v) is 2.23. The van der Waals surface area contributed by atoms with E-state index in [0.717, 1.165) is 5.75 Å². The summed E-state index contributed by atoms with van der Waals surface area (Å²) in [6.45, 7) is 0.172. The minimum atomic E-state index is 0.172. The highest BCUT2D eigenvalue weighted by atomic mass is 32.2. The second-order valence-electron chi connectivity index (χ2n) is 2.26. The molecule has 13 heavy (non-hydrogen) atoms. The summed E-state index contributed by atoms with van der Waals surface area (Å²) in [7, 11) is 0. The molecule has 0 unspecified atom stereocenters. The number of aliphatic hydroxyl groups excluding tert-OH is 1. The van der Waals surface area contributed by atoms with Crippen LogP contribution >= 0.6 is 11.8 Å². The van der Waals surface area contributed by atoms with Crippen molar-refractivity contribution >= 4 is 11.8 Å². The van der Waals surface area contributed by atoms with Crippen molar-refractivity contribution in [2.45, 2.75) is 11.6 Å². The van der Waals surface area contributed by atoms with Gasteiger partial charge >= 0.3 is 0 Å². The van der Waals surface area contributed by atoms with Crippen molar-refractivity contribution in [2.75, 3.05) is 12.4 Å². The predicted molar refractivity (Wildman–Crippen MR) is 49.2 cm³/mol. The minimum Gasteiger partial charge on any atom is -0.396 e. The number of aromatic nitrogens is 2. The maximum absolute atomic E-state index is 8.54. The van der Waals surface area contributed by atoms with Crippen LogP contribution in [0.4, 0.5) is 0 Å². The molecular weight excluding hydrogens is 186 g/mol. The SMILES string of the molecule is N#Cc1ccnc(SCCCO)n1. The molecule has 0 bridgehead atoms. The van der Waals surface area contributed by atoms with E-state index in [4.69, 9.17) is 10.4 Å². The highest BCUT2D eigenvalue weighted by Crippen LogP contribution is 2.12. The number of nitrogens with zero attached hydrogens (tertiary/aromatic N) is 3. The van der Waals surface area contributed by atoms with Gasteiger partial charge in [0.25, 0.3) is 0 Å². The molecule has 1 heterocycles. The molecule has 1 N–H and O–H groups in total. The summed E-state index contributed by atoms with van der Waals surface area (Å²) in [5, 5.41) is 17.7. The first-order valence-electron chi connectivity index (χ1n) is 3.83. The van der Waals surface area contributed by atoms with Gasteiger partial charge in [-0.2, -0.15) is 5.26 Å². The number of thioether (sulfide) groups is 1. The van der Waals surface area contributed by atoms with Gasteiger partial charge in [-0.1, -0.05) is 11.8 Å². The van der Waals surface area contributed by atoms with Gasteiger partial charge < -0.3 is 5.11 Å². The van der Waals surface area contributed by atoms with Crippen molar-refractivity contribution in [1.82, 2.24) is 9.97 Å². The van der Waals surface area contributed by atoms with Crippen LogP contribution in [0, 0.1) is 11.3 Å². The summed E-state index contributed by atoms with van der Waals surface area (Å²) in [5.41, 5.74) is 0.376.